The molecular formula is C14H13F2N3O. The van der Waals surface area contributed by atoms with Gasteiger partial charge < -0.3 is 16.4 Å². The van der Waals surface area contributed by atoms with Gasteiger partial charge in [-0.2, -0.15) is 0 Å². The van der Waals surface area contributed by atoms with Crippen LogP contribution in [0.25, 0.3) is 0 Å². The maximum atomic E-state index is 13.6. The van der Waals surface area contributed by atoms with Crippen LogP contribution in [0, 0.1) is 11.6 Å². The zero-order valence-electron chi connectivity index (χ0n) is 10.7. The fraction of sp³-hybridized carbons (Fsp3) is 0.0714. The second kappa shape index (κ2) is 5.56. The Morgan fingerprint density at radius 1 is 1.15 bits per heavy atom. The van der Waals surface area contributed by atoms with Crippen LogP contribution < -0.4 is 16.4 Å². The van der Waals surface area contributed by atoms with Crippen molar-refractivity contribution in [3.05, 3.63) is 53.6 Å². The number of carbonyl (C=O) groups excluding carboxylic acids is 1. The van der Waals surface area contributed by atoms with E-state index >= 15 is 0 Å². The SMILES string of the molecule is CNC(=O)c1ccc(N)cc1Nc1c(F)cccc1F. The summed E-state index contributed by atoms with van der Waals surface area (Å²) in [7, 11) is 1.46. The molecule has 0 atom stereocenters. The van der Waals surface area contributed by atoms with Crippen LogP contribution in [0.2, 0.25) is 0 Å². The number of halogens is 2. The number of carbonyl (C=O) groups is 1. The van der Waals surface area contributed by atoms with Gasteiger partial charge in [-0.05, 0) is 30.3 Å². The van der Waals surface area contributed by atoms with Gasteiger partial charge in [0.15, 0.2) is 0 Å². The van der Waals surface area contributed by atoms with E-state index < -0.39 is 11.6 Å². The number of rotatable bonds is 3. The molecule has 0 fully saturated rings. The van der Waals surface area contributed by atoms with E-state index in [1.165, 1.54) is 31.3 Å². The molecule has 0 heterocycles. The van der Waals surface area contributed by atoms with Crippen molar-refractivity contribution in [1.29, 1.82) is 0 Å². The standard InChI is InChI=1S/C14H13F2N3O/c1-18-14(20)9-6-5-8(17)7-12(9)19-13-10(15)3-2-4-11(13)16/h2-7,19H,17H2,1H3,(H,18,20). The lowest BCUT2D eigenvalue weighted by molar-refractivity contribution is 0.0964. The van der Waals surface area contributed by atoms with Crippen LogP contribution >= 0.6 is 0 Å². The summed E-state index contributed by atoms with van der Waals surface area (Å²) in [6.07, 6.45) is 0. The summed E-state index contributed by atoms with van der Waals surface area (Å²) in [5.74, 6) is -1.89. The van der Waals surface area contributed by atoms with Crippen molar-refractivity contribution in [3.8, 4) is 0 Å². The Bertz CT molecular complexity index is 639. The topological polar surface area (TPSA) is 67.2 Å². The number of hydrogen-bond donors (Lipinski definition) is 3. The molecule has 0 aliphatic carbocycles. The van der Waals surface area contributed by atoms with Gasteiger partial charge in [-0.1, -0.05) is 6.07 Å². The fourth-order valence-corrected chi connectivity index (χ4v) is 1.75. The molecule has 4 N–H and O–H groups in total. The summed E-state index contributed by atoms with van der Waals surface area (Å²) in [6, 6.07) is 7.96. The summed E-state index contributed by atoms with van der Waals surface area (Å²) in [5, 5.41) is 5.02. The Hall–Kier alpha value is -2.63. The third-order valence-electron chi connectivity index (χ3n) is 2.74. The predicted molar refractivity (Wildman–Crippen MR) is 73.9 cm³/mol. The Morgan fingerprint density at radius 3 is 2.40 bits per heavy atom. The maximum absolute atomic E-state index is 13.6. The lowest BCUT2D eigenvalue weighted by Gasteiger charge is -2.13. The van der Waals surface area contributed by atoms with E-state index in [0.717, 1.165) is 12.1 Å². The van der Waals surface area contributed by atoms with Gasteiger partial charge in [0, 0.05) is 12.7 Å². The number of para-hydroxylation sites is 1. The van der Waals surface area contributed by atoms with E-state index in [0.29, 0.717) is 5.69 Å². The van der Waals surface area contributed by atoms with Gasteiger partial charge in [0.2, 0.25) is 0 Å². The molecule has 4 nitrogen and oxygen atoms in total. The highest BCUT2D eigenvalue weighted by Gasteiger charge is 2.14. The van der Waals surface area contributed by atoms with Gasteiger partial charge in [-0.15, -0.1) is 0 Å². The average Bonchev–Trinajstić information content (AvgIpc) is 2.42. The third-order valence-corrected chi connectivity index (χ3v) is 2.74. The van der Waals surface area contributed by atoms with Crippen LogP contribution in [0.15, 0.2) is 36.4 Å². The highest BCUT2D eigenvalue weighted by molar-refractivity contribution is 6.00. The van der Waals surface area contributed by atoms with Crippen molar-refractivity contribution in [1.82, 2.24) is 5.32 Å². The number of hydrogen-bond acceptors (Lipinski definition) is 3. The predicted octanol–water partition coefficient (Wildman–Crippen LogP) is 2.65. The number of nitrogen functional groups attached to an aromatic ring is 1. The summed E-state index contributed by atoms with van der Waals surface area (Å²) in [6.45, 7) is 0. The molecule has 20 heavy (non-hydrogen) atoms. The monoisotopic (exact) mass is 277 g/mol. The first kappa shape index (κ1) is 13.8. The van der Waals surface area contributed by atoms with Crippen LogP contribution in [0.5, 0.6) is 0 Å². The molecular weight excluding hydrogens is 264 g/mol. The van der Waals surface area contributed by atoms with Crippen molar-refractivity contribution in [2.75, 3.05) is 18.1 Å². The molecule has 0 aromatic heterocycles. The molecule has 0 radical (unpaired) electrons. The molecule has 2 aromatic rings. The van der Waals surface area contributed by atoms with Gasteiger partial charge >= 0.3 is 0 Å². The highest BCUT2D eigenvalue weighted by atomic mass is 19.1. The molecule has 0 unspecified atom stereocenters. The molecule has 6 heteroatoms. The van der Waals surface area contributed by atoms with Gasteiger partial charge in [0.05, 0.1) is 11.3 Å². The van der Waals surface area contributed by atoms with Gasteiger partial charge in [0.25, 0.3) is 5.91 Å². The Balaban J connectivity index is 2.47. The number of nitrogens with two attached hydrogens (primary N) is 1. The first-order valence-electron chi connectivity index (χ1n) is 5.85. The van der Waals surface area contributed by atoms with Crippen molar-refractivity contribution in [3.63, 3.8) is 0 Å². The summed E-state index contributed by atoms with van der Waals surface area (Å²) >= 11 is 0. The van der Waals surface area contributed by atoms with Crippen LogP contribution in [-0.4, -0.2) is 13.0 Å². The lowest BCUT2D eigenvalue weighted by Crippen LogP contribution is -2.19. The Morgan fingerprint density at radius 2 is 1.80 bits per heavy atom. The van der Waals surface area contributed by atoms with Crippen LogP contribution in [-0.2, 0) is 0 Å². The number of anilines is 3. The molecule has 1 amide bonds. The molecule has 0 bridgehead atoms. The molecule has 0 saturated heterocycles. The lowest BCUT2D eigenvalue weighted by atomic mass is 10.1. The van der Waals surface area contributed by atoms with Crippen molar-refractivity contribution < 1.29 is 13.6 Å². The van der Waals surface area contributed by atoms with E-state index in [1.807, 2.05) is 0 Å². The minimum absolute atomic E-state index is 0.230. The molecule has 2 rings (SSSR count). The summed E-state index contributed by atoms with van der Waals surface area (Å²) in [5.41, 5.74) is 6.15. The molecule has 104 valence electrons. The Labute approximate surface area is 114 Å². The van der Waals surface area contributed by atoms with Crippen molar-refractivity contribution in [2.24, 2.45) is 0 Å². The fourth-order valence-electron chi connectivity index (χ4n) is 1.75. The van der Waals surface area contributed by atoms with Crippen LogP contribution in [0.4, 0.5) is 25.8 Å². The van der Waals surface area contributed by atoms with Crippen molar-refractivity contribution in [2.45, 2.75) is 0 Å². The number of benzene rings is 2. The first-order chi connectivity index (χ1) is 9.52. The molecule has 0 aliphatic heterocycles. The number of nitrogens with one attached hydrogen (secondary N) is 2. The normalized spacial score (nSPS) is 10.2. The van der Waals surface area contributed by atoms with E-state index in [1.54, 1.807) is 0 Å². The van der Waals surface area contributed by atoms with Gasteiger partial charge in [-0.3, -0.25) is 4.79 Å². The third kappa shape index (κ3) is 2.69. The maximum Gasteiger partial charge on any atom is 0.253 e. The first-order valence-corrected chi connectivity index (χ1v) is 5.85. The van der Waals surface area contributed by atoms with Crippen LogP contribution in [0.3, 0.4) is 0 Å². The highest BCUT2D eigenvalue weighted by Crippen LogP contribution is 2.27. The second-order valence-corrected chi connectivity index (χ2v) is 4.11. The van der Waals surface area contributed by atoms with E-state index in [-0.39, 0.29) is 22.8 Å². The molecule has 0 saturated carbocycles. The number of amides is 1. The molecule has 2 aromatic carbocycles. The zero-order valence-corrected chi connectivity index (χ0v) is 10.7. The average molecular weight is 277 g/mol. The minimum Gasteiger partial charge on any atom is -0.399 e. The van der Waals surface area contributed by atoms with Gasteiger partial charge in [-0.25, -0.2) is 8.78 Å². The van der Waals surface area contributed by atoms with Crippen LogP contribution in [0.1, 0.15) is 10.4 Å². The van der Waals surface area contributed by atoms with Crippen molar-refractivity contribution >= 4 is 23.0 Å². The molecule has 0 aliphatic rings. The largest absolute Gasteiger partial charge is 0.399 e. The smallest absolute Gasteiger partial charge is 0.253 e. The van der Waals surface area contributed by atoms with E-state index in [9.17, 15) is 13.6 Å². The van der Waals surface area contributed by atoms with Gasteiger partial charge in [0.1, 0.15) is 17.3 Å². The zero-order chi connectivity index (χ0) is 14.7. The minimum atomic E-state index is -0.754. The quantitative estimate of drug-likeness (QED) is 0.755. The summed E-state index contributed by atoms with van der Waals surface area (Å²) in [4.78, 5) is 11.7. The Kier molecular flexibility index (Phi) is 3.84. The second-order valence-electron chi connectivity index (χ2n) is 4.11. The van der Waals surface area contributed by atoms with E-state index in [2.05, 4.69) is 10.6 Å². The van der Waals surface area contributed by atoms with E-state index in [4.69, 9.17) is 5.73 Å². The molecule has 0 spiro atoms. The summed E-state index contributed by atoms with van der Waals surface area (Å²) < 4.78 is 27.2.